The molecule has 0 unspecified atom stereocenters. The number of hydrogen-bond acceptors (Lipinski definition) is 5. The molecule has 0 saturated carbocycles. The van der Waals surface area contributed by atoms with Crippen LogP contribution in [0, 0.1) is 3.57 Å². The van der Waals surface area contributed by atoms with Crippen LogP contribution in [0.2, 0.25) is 0 Å². The standard InChI is InChI=1S/C20H17IN2O5/c1-3-11-4-6-14(7-5-11)23-19(26)15(18(25)22-20(23)27)9-12-8-13(21)10-16(28-2)17(12)24/h4-10,24H,3H2,1-2H3,(H,22,25,27)/b15-9-. The van der Waals surface area contributed by atoms with Gasteiger partial charge in [-0.15, -0.1) is 0 Å². The first-order chi connectivity index (χ1) is 13.3. The quantitative estimate of drug-likeness (QED) is 0.388. The number of rotatable bonds is 4. The van der Waals surface area contributed by atoms with Crippen LogP contribution in [0.3, 0.4) is 0 Å². The Balaban J connectivity index is 2.05. The summed E-state index contributed by atoms with van der Waals surface area (Å²) < 4.78 is 5.85. The Morgan fingerprint density at radius 1 is 1.18 bits per heavy atom. The number of anilines is 1. The van der Waals surface area contributed by atoms with Gasteiger partial charge in [0.1, 0.15) is 5.57 Å². The third kappa shape index (κ3) is 3.72. The highest BCUT2D eigenvalue weighted by atomic mass is 127. The summed E-state index contributed by atoms with van der Waals surface area (Å²) in [7, 11) is 1.40. The van der Waals surface area contributed by atoms with E-state index in [9.17, 15) is 19.5 Å². The van der Waals surface area contributed by atoms with E-state index >= 15 is 0 Å². The number of ether oxygens (including phenoxy) is 1. The highest BCUT2D eigenvalue weighted by molar-refractivity contribution is 14.1. The molecule has 2 N–H and O–H groups in total. The first-order valence-corrected chi connectivity index (χ1v) is 9.50. The van der Waals surface area contributed by atoms with Crippen LogP contribution >= 0.6 is 22.6 Å². The van der Waals surface area contributed by atoms with Gasteiger partial charge >= 0.3 is 6.03 Å². The van der Waals surface area contributed by atoms with Crippen LogP contribution in [0.15, 0.2) is 42.0 Å². The lowest BCUT2D eigenvalue weighted by atomic mass is 10.1. The lowest BCUT2D eigenvalue weighted by Crippen LogP contribution is -2.54. The molecule has 0 aromatic heterocycles. The molecule has 144 valence electrons. The molecular weight excluding hydrogens is 475 g/mol. The maximum atomic E-state index is 12.9. The first kappa shape index (κ1) is 19.9. The molecule has 0 atom stereocenters. The average Bonchev–Trinajstić information content (AvgIpc) is 2.67. The van der Waals surface area contributed by atoms with Crippen molar-refractivity contribution in [1.29, 1.82) is 0 Å². The third-order valence-corrected chi connectivity index (χ3v) is 4.92. The SMILES string of the molecule is CCc1ccc(N2C(=O)NC(=O)/C(=C/c3cc(I)cc(OC)c3O)C2=O)cc1. The van der Waals surface area contributed by atoms with Crippen molar-refractivity contribution in [3.05, 3.63) is 56.7 Å². The first-order valence-electron chi connectivity index (χ1n) is 8.42. The van der Waals surface area contributed by atoms with Gasteiger partial charge in [-0.3, -0.25) is 14.9 Å². The molecule has 1 heterocycles. The number of benzene rings is 2. The second-order valence-corrected chi connectivity index (χ2v) is 7.27. The van der Waals surface area contributed by atoms with Crippen molar-refractivity contribution in [1.82, 2.24) is 5.32 Å². The van der Waals surface area contributed by atoms with Gasteiger partial charge in [0.05, 0.1) is 12.8 Å². The van der Waals surface area contributed by atoms with Crippen LogP contribution in [0.25, 0.3) is 6.08 Å². The van der Waals surface area contributed by atoms with Gasteiger partial charge in [0, 0.05) is 9.13 Å². The van der Waals surface area contributed by atoms with Crippen LogP contribution in [0.5, 0.6) is 11.5 Å². The molecule has 0 radical (unpaired) electrons. The fourth-order valence-electron chi connectivity index (χ4n) is 2.79. The second kappa shape index (κ2) is 8.01. The van der Waals surface area contributed by atoms with Gasteiger partial charge in [-0.1, -0.05) is 19.1 Å². The summed E-state index contributed by atoms with van der Waals surface area (Å²) in [5.74, 6) is -1.58. The van der Waals surface area contributed by atoms with Crippen molar-refractivity contribution in [3.63, 3.8) is 0 Å². The van der Waals surface area contributed by atoms with Gasteiger partial charge in [-0.25, -0.2) is 9.69 Å². The molecule has 1 aliphatic rings. The molecule has 1 aliphatic heterocycles. The fourth-order valence-corrected chi connectivity index (χ4v) is 3.41. The van der Waals surface area contributed by atoms with E-state index in [0.29, 0.717) is 5.69 Å². The van der Waals surface area contributed by atoms with Crippen molar-refractivity contribution >= 4 is 52.2 Å². The van der Waals surface area contributed by atoms with Gasteiger partial charge in [0.25, 0.3) is 11.8 Å². The summed E-state index contributed by atoms with van der Waals surface area (Å²) >= 11 is 2.03. The van der Waals surface area contributed by atoms with E-state index < -0.39 is 17.8 Å². The number of nitrogens with zero attached hydrogens (tertiary/aromatic N) is 1. The number of urea groups is 1. The highest BCUT2D eigenvalue weighted by Crippen LogP contribution is 2.34. The number of nitrogens with one attached hydrogen (secondary N) is 1. The zero-order chi connectivity index (χ0) is 20.4. The number of amides is 4. The molecule has 0 spiro atoms. The molecule has 4 amide bonds. The number of methoxy groups -OCH3 is 1. The number of carbonyl (C=O) groups excluding carboxylic acids is 3. The van der Waals surface area contributed by atoms with Crippen LogP contribution in [-0.4, -0.2) is 30.1 Å². The largest absolute Gasteiger partial charge is 0.504 e. The molecule has 2 aromatic rings. The number of aryl methyl sites for hydroxylation is 1. The van der Waals surface area contributed by atoms with Gasteiger partial charge in [0.2, 0.25) is 0 Å². The van der Waals surface area contributed by atoms with E-state index in [1.165, 1.54) is 13.2 Å². The minimum atomic E-state index is -0.825. The zero-order valence-corrected chi connectivity index (χ0v) is 17.3. The van der Waals surface area contributed by atoms with E-state index in [1.54, 1.807) is 24.3 Å². The van der Waals surface area contributed by atoms with E-state index in [2.05, 4.69) is 5.32 Å². The topological polar surface area (TPSA) is 95.9 Å². The number of imide groups is 2. The van der Waals surface area contributed by atoms with Crippen molar-refractivity contribution in [2.24, 2.45) is 0 Å². The molecule has 0 aliphatic carbocycles. The zero-order valence-electron chi connectivity index (χ0n) is 15.2. The highest BCUT2D eigenvalue weighted by Gasteiger charge is 2.37. The predicted octanol–water partition coefficient (Wildman–Crippen LogP) is 3.23. The lowest BCUT2D eigenvalue weighted by molar-refractivity contribution is -0.122. The number of aromatic hydroxyl groups is 1. The van der Waals surface area contributed by atoms with Crippen LogP contribution in [0.1, 0.15) is 18.1 Å². The van der Waals surface area contributed by atoms with E-state index in [-0.39, 0.29) is 22.6 Å². The van der Waals surface area contributed by atoms with Crippen LogP contribution in [-0.2, 0) is 16.0 Å². The van der Waals surface area contributed by atoms with Crippen LogP contribution < -0.4 is 15.0 Å². The normalized spacial score (nSPS) is 15.8. The minimum Gasteiger partial charge on any atom is -0.504 e. The Kier molecular flexibility index (Phi) is 5.68. The molecule has 1 saturated heterocycles. The number of phenols is 1. The molecule has 0 bridgehead atoms. The van der Waals surface area contributed by atoms with Crippen LogP contribution in [0.4, 0.5) is 10.5 Å². The molecule has 1 fully saturated rings. The summed E-state index contributed by atoms with van der Waals surface area (Å²) in [5.41, 5.74) is 1.37. The molecular formula is C20H17IN2O5. The summed E-state index contributed by atoms with van der Waals surface area (Å²) in [5, 5.41) is 12.5. The Morgan fingerprint density at radius 3 is 2.46 bits per heavy atom. The molecule has 8 heteroatoms. The summed E-state index contributed by atoms with van der Waals surface area (Å²) in [6.45, 7) is 2.00. The summed E-state index contributed by atoms with van der Waals surface area (Å²) in [6, 6.07) is 9.32. The van der Waals surface area contributed by atoms with Crippen molar-refractivity contribution in [2.75, 3.05) is 12.0 Å². The van der Waals surface area contributed by atoms with Crippen molar-refractivity contribution in [3.8, 4) is 11.5 Å². The third-order valence-electron chi connectivity index (χ3n) is 4.29. The minimum absolute atomic E-state index is 0.202. The Hall–Kier alpha value is -2.88. The second-order valence-electron chi connectivity index (χ2n) is 6.02. The van der Waals surface area contributed by atoms with E-state index in [0.717, 1.165) is 20.5 Å². The Bertz CT molecular complexity index is 998. The fraction of sp³-hybridized carbons (Fsp3) is 0.150. The van der Waals surface area contributed by atoms with E-state index in [1.807, 2.05) is 41.6 Å². The molecule has 2 aromatic carbocycles. The predicted molar refractivity (Wildman–Crippen MR) is 112 cm³/mol. The monoisotopic (exact) mass is 492 g/mol. The summed E-state index contributed by atoms with van der Waals surface area (Å²) in [4.78, 5) is 38.4. The molecule has 3 rings (SSSR count). The smallest absolute Gasteiger partial charge is 0.335 e. The number of hydrogen-bond donors (Lipinski definition) is 2. The Labute approximate surface area is 175 Å². The summed E-state index contributed by atoms with van der Waals surface area (Å²) in [6.07, 6.45) is 2.06. The van der Waals surface area contributed by atoms with Gasteiger partial charge in [0.15, 0.2) is 11.5 Å². The average molecular weight is 492 g/mol. The van der Waals surface area contributed by atoms with Gasteiger partial charge in [-0.2, -0.15) is 0 Å². The number of halogens is 1. The van der Waals surface area contributed by atoms with Crippen molar-refractivity contribution < 1.29 is 24.2 Å². The number of carbonyl (C=O) groups is 3. The lowest BCUT2D eigenvalue weighted by Gasteiger charge is -2.26. The van der Waals surface area contributed by atoms with Gasteiger partial charge < -0.3 is 9.84 Å². The van der Waals surface area contributed by atoms with Gasteiger partial charge in [-0.05, 0) is 64.9 Å². The molecule has 7 nitrogen and oxygen atoms in total. The molecule has 28 heavy (non-hydrogen) atoms. The number of phenolic OH excluding ortho intramolecular Hbond substituents is 1. The maximum Gasteiger partial charge on any atom is 0.335 e. The Morgan fingerprint density at radius 2 is 1.86 bits per heavy atom. The van der Waals surface area contributed by atoms with Crippen molar-refractivity contribution in [2.45, 2.75) is 13.3 Å². The number of barbiturate groups is 1. The maximum absolute atomic E-state index is 12.9. The van der Waals surface area contributed by atoms with E-state index in [4.69, 9.17) is 4.74 Å².